The summed E-state index contributed by atoms with van der Waals surface area (Å²) < 4.78 is 5.43. The van der Waals surface area contributed by atoms with Crippen LogP contribution in [0.4, 0.5) is 0 Å². The van der Waals surface area contributed by atoms with Crippen molar-refractivity contribution in [1.82, 2.24) is 5.32 Å². The van der Waals surface area contributed by atoms with Crippen LogP contribution in [0, 0.1) is 6.92 Å². The molecule has 0 amide bonds. The Balaban J connectivity index is 0.000000980. The van der Waals surface area contributed by atoms with E-state index in [2.05, 4.69) is 36.5 Å². The highest BCUT2D eigenvalue weighted by molar-refractivity contribution is 5.85. The average Bonchev–Trinajstić information content (AvgIpc) is 2.20. The first kappa shape index (κ1) is 11.5. The molecule has 0 aliphatic carbocycles. The van der Waals surface area contributed by atoms with Crippen LogP contribution in [0.3, 0.4) is 0 Å². The highest BCUT2D eigenvalue weighted by Crippen LogP contribution is 2.18. The molecule has 0 saturated carbocycles. The van der Waals surface area contributed by atoms with E-state index < -0.39 is 0 Å². The van der Waals surface area contributed by atoms with E-state index in [4.69, 9.17) is 4.74 Å². The third-order valence-corrected chi connectivity index (χ3v) is 2.49. The van der Waals surface area contributed by atoms with Gasteiger partial charge in [-0.1, -0.05) is 24.3 Å². The van der Waals surface area contributed by atoms with Crippen molar-refractivity contribution in [3.05, 3.63) is 35.4 Å². The number of morpholine rings is 1. The van der Waals surface area contributed by atoms with Gasteiger partial charge in [-0.2, -0.15) is 0 Å². The summed E-state index contributed by atoms with van der Waals surface area (Å²) in [6, 6.07) is 8.85. The minimum atomic E-state index is 0. The van der Waals surface area contributed by atoms with Crippen molar-refractivity contribution in [1.29, 1.82) is 0 Å². The molecule has 1 aromatic rings. The summed E-state index contributed by atoms with van der Waals surface area (Å²) in [5.74, 6) is 0. The lowest BCUT2D eigenvalue weighted by Crippen LogP contribution is -2.34. The molecule has 3 heteroatoms. The highest BCUT2D eigenvalue weighted by Gasteiger charge is 2.15. The Kier molecular flexibility index (Phi) is 4.39. The molecule has 1 atom stereocenters. The van der Waals surface area contributed by atoms with Gasteiger partial charge in [0, 0.05) is 6.54 Å². The van der Waals surface area contributed by atoms with Crippen LogP contribution in [-0.2, 0) is 4.74 Å². The van der Waals surface area contributed by atoms with Gasteiger partial charge in [0.15, 0.2) is 0 Å². The van der Waals surface area contributed by atoms with Gasteiger partial charge in [-0.3, -0.25) is 0 Å². The number of ether oxygens (including phenoxy) is 1. The molecule has 78 valence electrons. The van der Waals surface area contributed by atoms with Crippen LogP contribution in [0.25, 0.3) is 0 Å². The van der Waals surface area contributed by atoms with Crippen molar-refractivity contribution in [2.45, 2.75) is 13.0 Å². The minimum Gasteiger partial charge on any atom is -0.378 e. The molecule has 0 unspecified atom stereocenters. The van der Waals surface area contributed by atoms with E-state index in [9.17, 15) is 0 Å². The molecule has 1 N–H and O–H groups in total. The van der Waals surface area contributed by atoms with Gasteiger partial charge in [-0.05, 0) is 18.1 Å². The Morgan fingerprint density at radius 3 is 2.79 bits per heavy atom. The quantitative estimate of drug-likeness (QED) is 0.772. The zero-order valence-corrected chi connectivity index (χ0v) is 9.14. The maximum atomic E-state index is 5.43. The number of hydrogen-bond acceptors (Lipinski definition) is 2. The van der Waals surface area contributed by atoms with Crippen molar-refractivity contribution < 1.29 is 4.74 Å². The Bertz CT molecular complexity index is 284. The molecule has 0 spiro atoms. The molecular formula is C11H16ClNO. The summed E-state index contributed by atoms with van der Waals surface area (Å²) in [5, 5.41) is 3.45. The van der Waals surface area contributed by atoms with Gasteiger partial charge in [-0.15, -0.1) is 12.4 Å². The van der Waals surface area contributed by atoms with Crippen molar-refractivity contribution in [3.63, 3.8) is 0 Å². The molecule has 0 bridgehead atoms. The Labute approximate surface area is 91.1 Å². The number of rotatable bonds is 1. The fraction of sp³-hybridized carbons (Fsp3) is 0.455. The Hall–Kier alpha value is -0.570. The average molecular weight is 214 g/mol. The lowest BCUT2D eigenvalue weighted by molar-refractivity contribution is 0.0767. The first-order valence-corrected chi connectivity index (χ1v) is 4.74. The van der Waals surface area contributed by atoms with Crippen LogP contribution < -0.4 is 5.32 Å². The van der Waals surface area contributed by atoms with E-state index >= 15 is 0 Å². The molecule has 1 heterocycles. The lowest BCUT2D eigenvalue weighted by Gasteiger charge is -2.25. The van der Waals surface area contributed by atoms with Crippen molar-refractivity contribution >= 4 is 12.4 Å². The second kappa shape index (κ2) is 5.35. The maximum absolute atomic E-state index is 5.43. The fourth-order valence-corrected chi connectivity index (χ4v) is 1.74. The molecule has 0 radical (unpaired) electrons. The predicted octanol–water partition coefficient (Wildman–Crippen LogP) is 2.08. The summed E-state index contributed by atoms with van der Waals surface area (Å²) >= 11 is 0. The van der Waals surface area contributed by atoms with E-state index in [1.54, 1.807) is 0 Å². The Morgan fingerprint density at radius 2 is 2.14 bits per heavy atom. The number of benzene rings is 1. The van der Waals surface area contributed by atoms with Crippen molar-refractivity contribution in [3.8, 4) is 0 Å². The molecule has 2 rings (SSSR count). The second-order valence-corrected chi connectivity index (χ2v) is 3.44. The smallest absolute Gasteiger partial charge is 0.0662 e. The fourth-order valence-electron chi connectivity index (χ4n) is 1.74. The van der Waals surface area contributed by atoms with Crippen LogP contribution in [-0.4, -0.2) is 19.8 Å². The van der Waals surface area contributed by atoms with Gasteiger partial charge >= 0.3 is 0 Å². The van der Waals surface area contributed by atoms with Gasteiger partial charge in [0.05, 0.1) is 19.3 Å². The molecular weight excluding hydrogens is 198 g/mol. The molecule has 1 aliphatic rings. The van der Waals surface area contributed by atoms with Gasteiger partial charge in [-0.25, -0.2) is 0 Å². The van der Waals surface area contributed by atoms with E-state index in [1.165, 1.54) is 11.1 Å². The molecule has 1 saturated heterocycles. The van der Waals surface area contributed by atoms with Crippen LogP contribution in [0.1, 0.15) is 17.2 Å². The van der Waals surface area contributed by atoms with Gasteiger partial charge in [0.1, 0.15) is 0 Å². The second-order valence-electron chi connectivity index (χ2n) is 3.44. The first-order valence-electron chi connectivity index (χ1n) is 4.74. The standard InChI is InChI=1S/C11H15NO.ClH/c1-9-4-2-3-5-10(9)11-8-13-7-6-12-11;/h2-5,11-12H,6-8H2,1H3;1H/t11-;/m0./s1. The summed E-state index contributed by atoms with van der Waals surface area (Å²) in [7, 11) is 0. The summed E-state index contributed by atoms with van der Waals surface area (Å²) in [6.45, 7) is 4.73. The first-order chi connectivity index (χ1) is 6.38. The largest absolute Gasteiger partial charge is 0.378 e. The SMILES string of the molecule is Cc1ccccc1[C@@H]1COCCN1.Cl. The number of nitrogens with one attached hydrogen (secondary N) is 1. The third kappa shape index (κ3) is 2.47. The molecule has 0 aromatic heterocycles. The van der Waals surface area contributed by atoms with Crippen LogP contribution >= 0.6 is 12.4 Å². The monoisotopic (exact) mass is 213 g/mol. The number of halogens is 1. The van der Waals surface area contributed by atoms with Crippen molar-refractivity contribution in [2.24, 2.45) is 0 Å². The zero-order valence-electron chi connectivity index (χ0n) is 8.32. The van der Waals surface area contributed by atoms with Gasteiger partial charge in [0.25, 0.3) is 0 Å². The highest BCUT2D eigenvalue weighted by atomic mass is 35.5. The number of aryl methyl sites for hydroxylation is 1. The topological polar surface area (TPSA) is 21.3 Å². The van der Waals surface area contributed by atoms with Crippen LogP contribution in [0.2, 0.25) is 0 Å². The minimum absolute atomic E-state index is 0. The lowest BCUT2D eigenvalue weighted by atomic mass is 10.0. The maximum Gasteiger partial charge on any atom is 0.0662 e. The van der Waals surface area contributed by atoms with Crippen molar-refractivity contribution in [2.75, 3.05) is 19.8 Å². The van der Waals surface area contributed by atoms with E-state index in [-0.39, 0.29) is 12.4 Å². The molecule has 1 fully saturated rings. The van der Waals surface area contributed by atoms with E-state index in [1.807, 2.05) is 0 Å². The number of hydrogen-bond donors (Lipinski definition) is 1. The molecule has 1 aliphatic heterocycles. The van der Waals surface area contributed by atoms with E-state index in [0.717, 1.165) is 19.8 Å². The summed E-state index contributed by atoms with van der Waals surface area (Å²) in [6.07, 6.45) is 0. The predicted molar refractivity (Wildman–Crippen MR) is 60.0 cm³/mol. The molecule has 2 nitrogen and oxygen atoms in total. The van der Waals surface area contributed by atoms with E-state index in [0.29, 0.717) is 6.04 Å². The third-order valence-electron chi connectivity index (χ3n) is 2.49. The summed E-state index contributed by atoms with van der Waals surface area (Å²) in [4.78, 5) is 0. The Morgan fingerprint density at radius 1 is 1.36 bits per heavy atom. The van der Waals surface area contributed by atoms with Gasteiger partial charge < -0.3 is 10.1 Å². The zero-order chi connectivity index (χ0) is 9.10. The van der Waals surface area contributed by atoms with Crippen LogP contribution in [0.15, 0.2) is 24.3 Å². The normalized spacial score (nSPS) is 21.4. The van der Waals surface area contributed by atoms with Crippen LogP contribution in [0.5, 0.6) is 0 Å². The summed E-state index contributed by atoms with van der Waals surface area (Å²) in [5.41, 5.74) is 2.70. The molecule has 14 heavy (non-hydrogen) atoms. The van der Waals surface area contributed by atoms with Gasteiger partial charge in [0.2, 0.25) is 0 Å². The molecule has 1 aromatic carbocycles.